The van der Waals surface area contributed by atoms with Gasteiger partial charge in [0.2, 0.25) is 5.91 Å². The quantitative estimate of drug-likeness (QED) is 0.875. The molecule has 0 atom stereocenters. The lowest BCUT2D eigenvalue weighted by Gasteiger charge is -2.25. The predicted octanol–water partition coefficient (Wildman–Crippen LogP) is 3.40. The van der Waals surface area contributed by atoms with Crippen molar-refractivity contribution < 1.29 is 9.59 Å². The Bertz CT molecular complexity index is 742. The monoisotopic (exact) mass is 342 g/mol. The molecule has 0 aliphatic heterocycles. The van der Waals surface area contributed by atoms with E-state index < -0.39 is 5.54 Å². The maximum absolute atomic E-state index is 12.8. The van der Waals surface area contributed by atoms with Crippen molar-refractivity contribution in [3.05, 3.63) is 59.7 Å². The predicted molar refractivity (Wildman–Crippen MR) is 97.4 cm³/mol. The SMILES string of the molecule is CNC(=O)C(C)(C)NC(=O)c1c(C)cccc1Sc1ccccc1. The van der Waals surface area contributed by atoms with Gasteiger partial charge in [0.1, 0.15) is 5.54 Å². The molecule has 0 aromatic heterocycles. The summed E-state index contributed by atoms with van der Waals surface area (Å²) in [5.74, 6) is -0.484. The van der Waals surface area contributed by atoms with Gasteiger partial charge < -0.3 is 10.6 Å². The van der Waals surface area contributed by atoms with Gasteiger partial charge in [-0.25, -0.2) is 0 Å². The third-order valence-corrected chi connectivity index (χ3v) is 4.72. The molecule has 24 heavy (non-hydrogen) atoms. The second-order valence-electron chi connectivity index (χ2n) is 6.02. The number of rotatable bonds is 5. The molecule has 2 N–H and O–H groups in total. The van der Waals surface area contributed by atoms with Crippen LogP contribution < -0.4 is 10.6 Å². The highest BCUT2D eigenvalue weighted by Crippen LogP contribution is 2.32. The van der Waals surface area contributed by atoms with E-state index in [4.69, 9.17) is 0 Å². The van der Waals surface area contributed by atoms with E-state index in [1.54, 1.807) is 20.9 Å². The van der Waals surface area contributed by atoms with Crippen LogP contribution in [0.5, 0.6) is 0 Å². The van der Waals surface area contributed by atoms with Crippen LogP contribution in [0.15, 0.2) is 58.3 Å². The van der Waals surface area contributed by atoms with Gasteiger partial charge >= 0.3 is 0 Å². The molecule has 126 valence electrons. The first kappa shape index (κ1) is 18.1. The normalized spacial score (nSPS) is 11.0. The lowest BCUT2D eigenvalue weighted by atomic mass is 10.0. The molecule has 0 aliphatic rings. The van der Waals surface area contributed by atoms with Gasteiger partial charge in [0.25, 0.3) is 5.91 Å². The minimum absolute atomic E-state index is 0.235. The smallest absolute Gasteiger partial charge is 0.253 e. The second-order valence-corrected chi connectivity index (χ2v) is 7.14. The number of aryl methyl sites for hydroxylation is 1. The molecule has 2 aromatic rings. The van der Waals surface area contributed by atoms with E-state index in [0.717, 1.165) is 15.4 Å². The topological polar surface area (TPSA) is 58.2 Å². The molecule has 4 nitrogen and oxygen atoms in total. The molecule has 0 aliphatic carbocycles. The summed E-state index contributed by atoms with van der Waals surface area (Å²) in [4.78, 5) is 26.7. The number of hydrogen-bond donors (Lipinski definition) is 2. The number of benzene rings is 2. The first-order chi connectivity index (χ1) is 11.3. The average molecular weight is 342 g/mol. The molecule has 0 spiro atoms. The van der Waals surface area contributed by atoms with Crippen LogP contribution in [0.1, 0.15) is 29.8 Å². The molecule has 0 radical (unpaired) electrons. The summed E-state index contributed by atoms with van der Waals surface area (Å²) in [6, 6.07) is 15.6. The Labute approximate surface area is 147 Å². The molecule has 2 amide bonds. The standard InChI is InChI=1S/C19H22N2O2S/c1-13-9-8-12-15(24-14-10-6-5-7-11-14)16(13)17(22)21-19(2,3)18(23)20-4/h5-12H,1-4H3,(H,20,23)(H,21,22). The van der Waals surface area contributed by atoms with Crippen molar-refractivity contribution in [3.8, 4) is 0 Å². The molecular weight excluding hydrogens is 320 g/mol. The van der Waals surface area contributed by atoms with E-state index in [9.17, 15) is 9.59 Å². The second kappa shape index (κ2) is 7.53. The van der Waals surface area contributed by atoms with Crippen molar-refractivity contribution in [2.45, 2.75) is 36.1 Å². The molecule has 0 fully saturated rings. The molecule has 0 unspecified atom stereocenters. The van der Waals surface area contributed by atoms with Crippen molar-refractivity contribution >= 4 is 23.6 Å². The Morgan fingerprint density at radius 2 is 1.67 bits per heavy atom. The van der Waals surface area contributed by atoms with E-state index in [0.29, 0.717) is 5.56 Å². The van der Waals surface area contributed by atoms with E-state index in [2.05, 4.69) is 10.6 Å². The van der Waals surface area contributed by atoms with Gasteiger partial charge in [0.15, 0.2) is 0 Å². The fourth-order valence-electron chi connectivity index (χ4n) is 2.35. The summed E-state index contributed by atoms with van der Waals surface area (Å²) >= 11 is 1.54. The summed E-state index contributed by atoms with van der Waals surface area (Å²) in [7, 11) is 1.56. The van der Waals surface area contributed by atoms with E-state index in [1.165, 1.54) is 11.8 Å². The molecule has 0 saturated carbocycles. The number of nitrogens with one attached hydrogen (secondary N) is 2. The number of carbonyl (C=O) groups is 2. The van der Waals surface area contributed by atoms with Gasteiger partial charge in [-0.2, -0.15) is 0 Å². The van der Waals surface area contributed by atoms with Crippen LogP contribution in [0.25, 0.3) is 0 Å². The zero-order valence-electron chi connectivity index (χ0n) is 14.3. The zero-order valence-corrected chi connectivity index (χ0v) is 15.2. The molecule has 2 aromatic carbocycles. The molecule has 0 bridgehead atoms. The fraction of sp³-hybridized carbons (Fsp3) is 0.263. The van der Waals surface area contributed by atoms with Crippen molar-refractivity contribution in [2.75, 3.05) is 7.05 Å². The largest absolute Gasteiger partial charge is 0.357 e. The van der Waals surface area contributed by atoms with Crippen molar-refractivity contribution in [3.63, 3.8) is 0 Å². The van der Waals surface area contributed by atoms with Gasteiger partial charge in [0.05, 0.1) is 5.56 Å². The molecule has 0 heterocycles. The van der Waals surface area contributed by atoms with E-state index in [1.807, 2.05) is 55.5 Å². The fourth-order valence-corrected chi connectivity index (χ4v) is 3.40. The third kappa shape index (κ3) is 4.17. The first-order valence-corrected chi connectivity index (χ1v) is 8.54. The van der Waals surface area contributed by atoms with Crippen molar-refractivity contribution in [1.29, 1.82) is 0 Å². The van der Waals surface area contributed by atoms with E-state index in [-0.39, 0.29) is 11.8 Å². The van der Waals surface area contributed by atoms with Gasteiger partial charge in [-0.3, -0.25) is 9.59 Å². The number of amides is 2. The Morgan fingerprint density at radius 1 is 1.00 bits per heavy atom. The minimum Gasteiger partial charge on any atom is -0.357 e. The van der Waals surface area contributed by atoms with Crippen LogP contribution in [0, 0.1) is 6.92 Å². The highest BCUT2D eigenvalue weighted by Gasteiger charge is 2.30. The molecule has 5 heteroatoms. The lowest BCUT2D eigenvalue weighted by molar-refractivity contribution is -0.125. The van der Waals surface area contributed by atoms with Crippen LogP contribution in [-0.4, -0.2) is 24.4 Å². The van der Waals surface area contributed by atoms with Gasteiger partial charge in [-0.1, -0.05) is 42.1 Å². The molecular formula is C19H22N2O2S. The number of hydrogen-bond acceptors (Lipinski definition) is 3. The first-order valence-electron chi connectivity index (χ1n) is 7.72. The Kier molecular flexibility index (Phi) is 5.67. The van der Waals surface area contributed by atoms with Crippen molar-refractivity contribution in [2.24, 2.45) is 0 Å². The Balaban J connectivity index is 2.32. The van der Waals surface area contributed by atoms with Crippen LogP contribution >= 0.6 is 11.8 Å². The molecule has 2 rings (SSSR count). The maximum atomic E-state index is 12.8. The minimum atomic E-state index is -0.983. The van der Waals surface area contributed by atoms with Crippen LogP contribution in [0.4, 0.5) is 0 Å². The van der Waals surface area contributed by atoms with Crippen LogP contribution in [0.3, 0.4) is 0 Å². The zero-order chi connectivity index (χ0) is 17.7. The van der Waals surface area contributed by atoms with E-state index >= 15 is 0 Å². The van der Waals surface area contributed by atoms with Gasteiger partial charge in [-0.15, -0.1) is 0 Å². The molecule has 0 saturated heterocycles. The Hall–Kier alpha value is -2.27. The number of carbonyl (C=O) groups excluding carboxylic acids is 2. The highest BCUT2D eigenvalue weighted by molar-refractivity contribution is 7.99. The Morgan fingerprint density at radius 3 is 2.29 bits per heavy atom. The lowest BCUT2D eigenvalue weighted by Crippen LogP contribution is -2.54. The summed E-state index contributed by atoms with van der Waals surface area (Å²) < 4.78 is 0. The average Bonchev–Trinajstić information content (AvgIpc) is 2.54. The van der Waals surface area contributed by atoms with Gasteiger partial charge in [-0.05, 0) is 44.5 Å². The van der Waals surface area contributed by atoms with Crippen LogP contribution in [0.2, 0.25) is 0 Å². The summed E-state index contributed by atoms with van der Waals surface area (Å²) in [5, 5.41) is 5.40. The van der Waals surface area contributed by atoms with Crippen molar-refractivity contribution in [1.82, 2.24) is 10.6 Å². The highest BCUT2D eigenvalue weighted by atomic mass is 32.2. The van der Waals surface area contributed by atoms with Gasteiger partial charge in [0, 0.05) is 16.8 Å². The summed E-state index contributed by atoms with van der Waals surface area (Å²) in [5.41, 5.74) is 0.493. The van der Waals surface area contributed by atoms with Crippen LogP contribution in [-0.2, 0) is 4.79 Å². The summed E-state index contributed by atoms with van der Waals surface area (Å²) in [6.07, 6.45) is 0. The number of likely N-dealkylation sites (N-methyl/N-ethyl adjacent to an activating group) is 1. The third-order valence-electron chi connectivity index (χ3n) is 3.65. The maximum Gasteiger partial charge on any atom is 0.253 e. The summed E-state index contributed by atoms with van der Waals surface area (Å²) in [6.45, 7) is 5.27.